The van der Waals surface area contributed by atoms with Crippen molar-refractivity contribution in [2.45, 2.75) is 25.9 Å². The summed E-state index contributed by atoms with van der Waals surface area (Å²) in [5, 5.41) is 28.2. The van der Waals surface area contributed by atoms with Crippen molar-refractivity contribution in [3.05, 3.63) is 34.9 Å². The predicted molar refractivity (Wildman–Crippen MR) is 82.1 cm³/mol. The third kappa shape index (κ3) is 5.21. The van der Waals surface area contributed by atoms with Crippen molar-refractivity contribution in [2.24, 2.45) is 15.4 Å². The molecule has 7 heteroatoms. The summed E-state index contributed by atoms with van der Waals surface area (Å²) in [5.74, 6) is 0. The predicted octanol–water partition coefficient (Wildman–Crippen LogP) is 0.254. The number of aliphatic hydroxyl groups is 3. The Bertz CT molecular complexity index is 554. The highest BCUT2D eigenvalue weighted by atomic mass is 16.3. The first-order valence-electron chi connectivity index (χ1n) is 7.16. The fourth-order valence-corrected chi connectivity index (χ4v) is 2.32. The van der Waals surface area contributed by atoms with E-state index in [2.05, 4.69) is 9.98 Å². The summed E-state index contributed by atoms with van der Waals surface area (Å²) < 4.78 is 0. The fraction of sp³-hybridized carbons (Fsp3) is 0.500. The average molecular weight is 320 g/mol. The summed E-state index contributed by atoms with van der Waals surface area (Å²) in [6.45, 7) is -0.771. The van der Waals surface area contributed by atoms with Crippen LogP contribution >= 0.6 is 0 Å². The van der Waals surface area contributed by atoms with E-state index < -0.39 is 5.41 Å². The molecule has 0 aliphatic rings. The zero-order valence-corrected chi connectivity index (χ0v) is 12.7. The molecule has 0 aromatic heterocycles. The fourth-order valence-electron chi connectivity index (χ4n) is 2.32. The molecule has 23 heavy (non-hydrogen) atoms. The Kier molecular flexibility index (Phi) is 8.05. The number of nitrogens with zero attached hydrogens (tertiary/aromatic N) is 2. The van der Waals surface area contributed by atoms with Gasteiger partial charge in [0, 0.05) is 5.41 Å². The molecule has 0 spiro atoms. The Morgan fingerprint density at radius 2 is 1.39 bits per heavy atom. The second-order valence-electron chi connectivity index (χ2n) is 5.34. The highest BCUT2D eigenvalue weighted by Crippen LogP contribution is 2.26. The Balaban J connectivity index is 3.12. The first-order valence-corrected chi connectivity index (χ1v) is 7.16. The number of aliphatic imine (C=N–C) groups is 2. The molecule has 1 rings (SSSR count). The lowest BCUT2D eigenvalue weighted by Gasteiger charge is -2.28. The minimum absolute atomic E-state index is 0.141. The van der Waals surface area contributed by atoms with Gasteiger partial charge in [0.25, 0.3) is 0 Å². The molecular formula is C16H20N2O5. The SMILES string of the molecule is O=C=NCc1cccc(CN=C=O)c1CCC(CO)(CO)CO. The van der Waals surface area contributed by atoms with E-state index >= 15 is 0 Å². The van der Waals surface area contributed by atoms with Crippen molar-refractivity contribution in [3.8, 4) is 0 Å². The summed E-state index contributed by atoms with van der Waals surface area (Å²) >= 11 is 0. The number of hydrogen-bond acceptors (Lipinski definition) is 7. The quantitative estimate of drug-likeness (QED) is 0.422. The first-order chi connectivity index (χ1) is 11.2. The standard InChI is InChI=1S/C16H20N2O5/c19-8-16(9-20,10-21)5-4-15-13(6-17-11-22)2-1-3-14(15)7-18-12-23/h1-3,19-21H,4-10H2. The van der Waals surface area contributed by atoms with Crippen molar-refractivity contribution in [2.75, 3.05) is 19.8 Å². The van der Waals surface area contributed by atoms with Gasteiger partial charge in [0.05, 0.1) is 32.9 Å². The monoisotopic (exact) mass is 320 g/mol. The number of carbonyl (C=O) groups excluding carboxylic acids is 2. The molecule has 0 atom stereocenters. The molecule has 0 aliphatic heterocycles. The van der Waals surface area contributed by atoms with Crippen molar-refractivity contribution in [3.63, 3.8) is 0 Å². The Morgan fingerprint density at radius 3 is 1.78 bits per heavy atom. The van der Waals surface area contributed by atoms with E-state index in [1.807, 2.05) is 0 Å². The van der Waals surface area contributed by atoms with E-state index in [1.54, 1.807) is 18.2 Å². The van der Waals surface area contributed by atoms with Crippen molar-refractivity contribution in [1.82, 2.24) is 0 Å². The lowest BCUT2D eigenvalue weighted by molar-refractivity contribution is -0.000332. The van der Waals surface area contributed by atoms with Crippen LogP contribution < -0.4 is 0 Å². The van der Waals surface area contributed by atoms with Gasteiger partial charge < -0.3 is 15.3 Å². The molecule has 0 aliphatic carbocycles. The number of aliphatic hydroxyl groups excluding tert-OH is 3. The molecule has 0 unspecified atom stereocenters. The molecule has 0 radical (unpaired) electrons. The maximum absolute atomic E-state index is 10.3. The lowest BCUT2D eigenvalue weighted by Crippen LogP contribution is -2.34. The van der Waals surface area contributed by atoms with Gasteiger partial charge in [-0.1, -0.05) is 18.2 Å². The Hall–Kier alpha value is -2.14. The van der Waals surface area contributed by atoms with Crippen LogP contribution in [0.5, 0.6) is 0 Å². The molecule has 3 N–H and O–H groups in total. The van der Waals surface area contributed by atoms with Crippen LogP contribution in [0.1, 0.15) is 23.1 Å². The van der Waals surface area contributed by atoms with Crippen LogP contribution in [0, 0.1) is 5.41 Å². The van der Waals surface area contributed by atoms with Gasteiger partial charge in [-0.15, -0.1) is 0 Å². The van der Waals surface area contributed by atoms with Crippen molar-refractivity contribution in [1.29, 1.82) is 0 Å². The maximum Gasteiger partial charge on any atom is 0.235 e. The normalized spacial score (nSPS) is 10.7. The van der Waals surface area contributed by atoms with E-state index in [-0.39, 0.29) is 32.9 Å². The van der Waals surface area contributed by atoms with Gasteiger partial charge >= 0.3 is 0 Å². The second kappa shape index (κ2) is 9.79. The topological polar surface area (TPSA) is 120 Å². The van der Waals surface area contributed by atoms with Crippen LogP contribution in [0.25, 0.3) is 0 Å². The van der Waals surface area contributed by atoms with Gasteiger partial charge in [-0.2, -0.15) is 0 Å². The number of benzene rings is 1. The molecule has 0 saturated heterocycles. The Morgan fingerprint density at radius 1 is 0.913 bits per heavy atom. The lowest BCUT2D eigenvalue weighted by atomic mass is 9.82. The van der Waals surface area contributed by atoms with E-state index in [4.69, 9.17) is 0 Å². The molecule has 7 nitrogen and oxygen atoms in total. The maximum atomic E-state index is 10.3. The number of hydrogen-bond donors (Lipinski definition) is 3. The zero-order chi connectivity index (χ0) is 17.1. The number of rotatable bonds is 10. The summed E-state index contributed by atoms with van der Waals surface area (Å²) in [6.07, 6.45) is 3.72. The molecule has 1 aromatic rings. The molecule has 0 amide bonds. The van der Waals surface area contributed by atoms with E-state index in [9.17, 15) is 24.9 Å². The van der Waals surface area contributed by atoms with Gasteiger partial charge in [0.2, 0.25) is 12.2 Å². The summed E-state index contributed by atoms with van der Waals surface area (Å²) in [7, 11) is 0. The van der Waals surface area contributed by atoms with Gasteiger partial charge in [-0.25, -0.2) is 19.6 Å². The van der Waals surface area contributed by atoms with Crippen LogP contribution in [-0.4, -0.2) is 47.3 Å². The highest BCUT2D eigenvalue weighted by Gasteiger charge is 2.28. The van der Waals surface area contributed by atoms with Crippen LogP contribution in [0.4, 0.5) is 0 Å². The summed E-state index contributed by atoms with van der Waals surface area (Å²) in [5.41, 5.74) is 1.38. The average Bonchev–Trinajstić information content (AvgIpc) is 2.60. The minimum Gasteiger partial charge on any atom is -0.396 e. The number of isocyanates is 2. The van der Waals surface area contributed by atoms with Gasteiger partial charge in [0.1, 0.15) is 0 Å². The van der Waals surface area contributed by atoms with Gasteiger partial charge in [-0.05, 0) is 29.5 Å². The zero-order valence-electron chi connectivity index (χ0n) is 12.7. The third-order valence-electron chi connectivity index (χ3n) is 3.91. The second-order valence-corrected chi connectivity index (χ2v) is 5.34. The van der Waals surface area contributed by atoms with Crippen LogP contribution in [-0.2, 0) is 29.1 Å². The van der Waals surface area contributed by atoms with Crippen molar-refractivity contribution >= 4 is 12.2 Å². The molecule has 0 fully saturated rings. The minimum atomic E-state index is -0.994. The summed E-state index contributed by atoms with van der Waals surface area (Å²) in [6, 6.07) is 5.36. The van der Waals surface area contributed by atoms with Crippen LogP contribution in [0.15, 0.2) is 28.2 Å². The van der Waals surface area contributed by atoms with E-state index in [0.29, 0.717) is 12.8 Å². The molecule has 0 bridgehead atoms. The molecule has 124 valence electrons. The summed E-state index contributed by atoms with van der Waals surface area (Å²) in [4.78, 5) is 27.8. The molecule has 0 saturated carbocycles. The molecule has 1 aromatic carbocycles. The van der Waals surface area contributed by atoms with E-state index in [1.165, 1.54) is 12.2 Å². The Labute approximate surface area is 134 Å². The van der Waals surface area contributed by atoms with Crippen LogP contribution in [0.2, 0.25) is 0 Å². The van der Waals surface area contributed by atoms with E-state index in [0.717, 1.165) is 16.7 Å². The highest BCUT2D eigenvalue weighted by molar-refractivity contribution is 5.40. The van der Waals surface area contributed by atoms with Gasteiger partial charge in [-0.3, -0.25) is 0 Å². The van der Waals surface area contributed by atoms with Crippen LogP contribution in [0.3, 0.4) is 0 Å². The molecular weight excluding hydrogens is 300 g/mol. The largest absolute Gasteiger partial charge is 0.396 e. The molecule has 0 heterocycles. The first kappa shape index (κ1) is 18.9. The third-order valence-corrected chi connectivity index (χ3v) is 3.91. The van der Waals surface area contributed by atoms with Gasteiger partial charge in [0.15, 0.2) is 0 Å². The smallest absolute Gasteiger partial charge is 0.235 e. The van der Waals surface area contributed by atoms with Crippen molar-refractivity contribution < 1.29 is 24.9 Å².